The van der Waals surface area contributed by atoms with Gasteiger partial charge >= 0.3 is 0 Å². The topological polar surface area (TPSA) is 26.0 Å². The maximum Gasteiger partial charge on any atom is -0.00428 e. The molecule has 58 valence electrons. The van der Waals surface area contributed by atoms with E-state index in [2.05, 4.69) is 30.3 Å². The van der Waals surface area contributed by atoms with E-state index in [0.29, 0.717) is 0 Å². The van der Waals surface area contributed by atoms with Crippen LogP contribution in [0.5, 0.6) is 0 Å². The average Bonchev–Trinajstić information content (AvgIpc) is 2.85. The van der Waals surface area contributed by atoms with Gasteiger partial charge in [0.15, 0.2) is 0 Å². The van der Waals surface area contributed by atoms with Gasteiger partial charge in [0.25, 0.3) is 0 Å². The maximum absolute atomic E-state index is 5.56. The smallest absolute Gasteiger partial charge is 0.00428 e. The fourth-order valence-corrected chi connectivity index (χ4v) is 1.62. The summed E-state index contributed by atoms with van der Waals surface area (Å²) < 4.78 is 0. The third-order valence-electron chi connectivity index (χ3n) is 2.45. The Morgan fingerprint density at radius 1 is 1.27 bits per heavy atom. The van der Waals surface area contributed by atoms with E-state index in [0.717, 1.165) is 18.4 Å². The molecule has 0 bridgehead atoms. The quantitative estimate of drug-likeness (QED) is 0.677. The third-order valence-corrected chi connectivity index (χ3v) is 2.45. The number of nitrogens with two attached hydrogens (primary N) is 1. The highest BCUT2D eigenvalue weighted by atomic mass is 14.6. The molecular formula is C10H13N. The van der Waals surface area contributed by atoms with Crippen molar-refractivity contribution in [1.82, 2.24) is 0 Å². The van der Waals surface area contributed by atoms with Crippen molar-refractivity contribution in [3.8, 4) is 0 Å². The van der Waals surface area contributed by atoms with Gasteiger partial charge in [-0.2, -0.15) is 0 Å². The first-order chi connectivity index (χ1) is 5.42. The SMILES string of the molecule is NC[C@H]1C[C@@H]1c1ccccc1. The van der Waals surface area contributed by atoms with Crippen molar-refractivity contribution >= 4 is 0 Å². The van der Waals surface area contributed by atoms with Crippen molar-refractivity contribution < 1.29 is 0 Å². The first-order valence-electron chi connectivity index (χ1n) is 4.17. The first-order valence-corrected chi connectivity index (χ1v) is 4.17. The molecule has 0 heterocycles. The molecule has 2 atom stereocenters. The Labute approximate surface area is 67.2 Å². The van der Waals surface area contributed by atoms with Gasteiger partial charge in [0.2, 0.25) is 0 Å². The van der Waals surface area contributed by atoms with E-state index in [-0.39, 0.29) is 0 Å². The van der Waals surface area contributed by atoms with Gasteiger partial charge in [0, 0.05) is 0 Å². The van der Waals surface area contributed by atoms with E-state index in [1.54, 1.807) is 0 Å². The Bertz CT molecular complexity index is 230. The van der Waals surface area contributed by atoms with Crippen LogP contribution in [0.3, 0.4) is 0 Å². The Hall–Kier alpha value is -0.820. The minimum atomic E-state index is 0.761. The standard InChI is InChI=1S/C10H13N/c11-7-9-6-10(9)8-4-2-1-3-5-8/h1-5,9-10H,6-7,11H2/t9-,10-/m1/s1. The minimum absolute atomic E-state index is 0.761. The molecule has 0 aliphatic heterocycles. The number of hydrogen-bond donors (Lipinski definition) is 1. The van der Waals surface area contributed by atoms with Gasteiger partial charge in [-0.3, -0.25) is 0 Å². The van der Waals surface area contributed by atoms with Crippen LogP contribution >= 0.6 is 0 Å². The molecular weight excluding hydrogens is 134 g/mol. The van der Waals surface area contributed by atoms with E-state index in [1.165, 1.54) is 12.0 Å². The van der Waals surface area contributed by atoms with Crippen LogP contribution in [0.15, 0.2) is 30.3 Å². The van der Waals surface area contributed by atoms with E-state index < -0.39 is 0 Å². The molecule has 0 amide bonds. The Kier molecular flexibility index (Phi) is 1.66. The molecule has 1 aliphatic rings. The predicted molar refractivity (Wildman–Crippen MR) is 46.3 cm³/mol. The number of rotatable bonds is 2. The second-order valence-corrected chi connectivity index (χ2v) is 3.25. The lowest BCUT2D eigenvalue weighted by Gasteiger charge is -1.96. The molecule has 0 spiro atoms. The zero-order valence-corrected chi connectivity index (χ0v) is 6.53. The fraction of sp³-hybridized carbons (Fsp3) is 0.400. The molecule has 1 aromatic rings. The van der Waals surface area contributed by atoms with Crippen molar-refractivity contribution in [2.75, 3.05) is 6.54 Å². The normalized spacial score (nSPS) is 28.5. The van der Waals surface area contributed by atoms with E-state index >= 15 is 0 Å². The van der Waals surface area contributed by atoms with Crippen LogP contribution in [0.1, 0.15) is 17.9 Å². The van der Waals surface area contributed by atoms with Crippen molar-refractivity contribution in [2.45, 2.75) is 12.3 Å². The molecule has 1 nitrogen and oxygen atoms in total. The Morgan fingerprint density at radius 2 is 2.00 bits per heavy atom. The summed E-state index contributed by atoms with van der Waals surface area (Å²) in [5.74, 6) is 1.53. The highest BCUT2D eigenvalue weighted by Crippen LogP contribution is 2.46. The summed E-state index contributed by atoms with van der Waals surface area (Å²) in [5, 5.41) is 0. The summed E-state index contributed by atoms with van der Waals surface area (Å²) >= 11 is 0. The molecule has 11 heavy (non-hydrogen) atoms. The van der Waals surface area contributed by atoms with Crippen LogP contribution in [-0.2, 0) is 0 Å². The molecule has 0 radical (unpaired) electrons. The van der Waals surface area contributed by atoms with Crippen molar-refractivity contribution in [2.24, 2.45) is 11.7 Å². The zero-order chi connectivity index (χ0) is 7.68. The monoisotopic (exact) mass is 147 g/mol. The molecule has 0 aromatic heterocycles. The van der Waals surface area contributed by atoms with E-state index in [1.807, 2.05) is 0 Å². The van der Waals surface area contributed by atoms with Gasteiger partial charge in [-0.1, -0.05) is 30.3 Å². The third kappa shape index (κ3) is 1.29. The van der Waals surface area contributed by atoms with Crippen molar-refractivity contribution in [3.05, 3.63) is 35.9 Å². The molecule has 1 aromatic carbocycles. The zero-order valence-electron chi connectivity index (χ0n) is 6.53. The molecule has 2 N–H and O–H groups in total. The van der Waals surface area contributed by atoms with Crippen molar-refractivity contribution in [3.63, 3.8) is 0 Å². The summed E-state index contributed by atoms with van der Waals surface area (Å²) in [4.78, 5) is 0. The van der Waals surface area contributed by atoms with Crippen LogP contribution in [-0.4, -0.2) is 6.54 Å². The summed E-state index contributed by atoms with van der Waals surface area (Å²) in [6.45, 7) is 0.847. The maximum atomic E-state index is 5.56. The van der Waals surface area contributed by atoms with Crippen LogP contribution in [0, 0.1) is 5.92 Å². The molecule has 1 aliphatic carbocycles. The van der Waals surface area contributed by atoms with Gasteiger partial charge in [-0.05, 0) is 30.4 Å². The summed E-state index contributed by atoms with van der Waals surface area (Å²) in [7, 11) is 0. The molecule has 0 saturated heterocycles. The molecule has 1 saturated carbocycles. The number of benzene rings is 1. The van der Waals surface area contributed by atoms with Crippen molar-refractivity contribution in [1.29, 1.82) is 0 Å². The lowest BCUT2D eigenvalue weighted by Crippen LogP contribution is -2.01. The largest absolute Gasteiger partial charge is 0.330 e. The lowest BCUT2D eigenvalue weighted by molar-refractivity contribution is 0.810. The lowest BCUT2D eigenvalue weighted by atomic mass is 10.1. The molecule has 1 fully saturated rings. The Balaban J connectivity index is 2.09. The van der Waals surface area contributed by atoms with E-state index in [9.17, 15) is 0 Å². The second-order valence-electron chi connectivity index (χ2n) is 3.25. The summed E-state index contributed by atoms with van der Waals surface area (Å²) in [6.07, 6.45) is 1.29. The van der Waals surface area contributed by atoms with Crippen LogP contribution in [0.25, 0.3) is 0 Å². The fourth-order valence-electron chi connectivity index (χ4n) is 1.62. The van der Waals surface area contributed by atoms with Crippen LogP contribution in [0.4, 0.5) is 0 Å². The highest BCUT2D eigenvalue weighted by molar-refractivity contribution is 5.25. The summed E-state index contributed by atoms with van der Waals surface area (Å²) in [5.41, 5.74) is 7.02. The van der Waals surface area contributed by atoms with Gasteiger partial charge in [-0.25, -0.2) is 0 Å². The summed E-state index contributed by atoms with van der Waals surface area (Å²) in [6, 6.07) is 10.6. The minimum Gasteiger partial charge on any atom is -0.330 e. The predicted octanol–water partition coefficient (Wildman–Crippen LogP) is 1.75. The average molecular weight is 147 g/mol. The van der Waals surface area contributed by atoms with Gasteiger partial charge in [0.05, 0.1) is 0 Å². The molecule has 0 unspecified atom stereocenters. The van der Waals surface area contributed by atoms with Gasteiger partial charge in [0.1, 0.15) is 0 Å². The molecule has 1 heteroatoms. The van der Waals surface area contributed by atoms with Gasteiger partial charge < -0.3 is 5.73 Å². The van der Waals surface area contributed by atoms with Crippen LogP contribution < -0.4 is 5.73 Å². The second kappa shape index (κ2) is 2.67. The van der Waals surface area contributed by atoms with Crippen LogP contribution in [0.2, 0.25) is 0 Å². The van der Waals surface area contributed by atoms with Gasteiger partial charge in [-0.15, -0.1) is 0 Å². The first kappa shape index (κ1) is 6.86. The van der Waals surface area contributed by atoms with E-state index in [4.69, 9.17) is 5.73 Å². The highest BCUT2D eigenvalue weighted by Gasteiger charge is 2.36. The number of hydrogen-bond acceptors (Lipinski definition) is 1. The Morgan fingerprint density at radius 3 is 2.55 bits per heavy atom. The molecule has 2 rings (SSSR count).